The number of ether oxygens (including phenoxy) is 1. The van der Waals surface area contributed by atoms with E-state index in [0.29, 0.717) is 6.04 Å². The van der Waals surface area contributed by atoms with Crippen LogP contribution in [0.2, 0.25) is 0 Å². The van der Waals surface area contributed by atoms with E-state index in [1.807, 2.05) is 0 Å². The van der Waals surface area contributed by atoms with Crippen molar-refractivity contribution >= 4 is 5.97 Å². The molecule has 106 valence electrons. The average molecular weight is 256 g/mol. The molecule has 1 aliphatic carbocycles. The predicted molar refractivity (Wildman–Crippen MR) is 73.6 cm³/mol. The summed E-state index contributed by atoms with van der Waals surface area (Å²) in [4.78, 5) is 14.0. The van der Waals surface area contributed by atoms with Crippen molar-refractivity contribution < 1.29 is 9.53 Å². The van der Waals surface area contributed by atoms with E-state index in [-0.39, 0.29) is 12.0 Å². The van der Waals surface area contributed by atoms with Crippen molar-refractivity contribution in [1.29, 1.82) is 0 Å². The first-order valence-corrected chi connectivity index (χ1v) is 7.20. The highest BCUT2D eigenvalue weighted by Gasteiger charge is 2.24. The summed E-state index contributed by atoms with van der Waals surface area (Å²) < 4.78 is 4.87. The zero-order valence-corrected chi connectivity index (χ0v) is 12.1. The molecule has 0 amide bonds. The second-order valence-electron chi connectivity index (χ2n) is 5.26. The number of nitrogens with one attached hydrogen (secondary N) is 1. The summed E-state index contributed by atoms with van der Waals surface area (Å²) >= 11 is 0. The quantitative estimate of drug-likeness (QED) is 0.705. The number of hydrogen-bond donors (Lipinski definition) is 1. The molecule has 1 aliphatic rings. The number of esters is 1. The molecule has 0 spiro atoms. The van der Waals surface area contributed by atoms with E-state index in [4.69, 9.17) is 4.74 Å². The molecule has 1 atom stereocenters. The number of hydrogen-bond acceptors (Lipinski definition) is 4. The molecular formula is C14H28N2O2. The van der Waals surface area contributed by atoms with Gasteiger partial charge in [0.1, 0.15) is 6.04 Å². The topological polar surface area (TPSA) is 41.6 Å². The Morgan fingerprint density at radius 3 is 2.61 bits per heavy atom. The van der Waals surface area contributed by atoms with Gasteiger partial charge in [-0.05, 0) is 32.9 Å². The molecule has 0 aromatic rings. The lowest BCUT2D eigenvalue weighted by Crippen LogP contribution is -2.48. The maximum Gasteiger partial charge on any atom is 0.324 e. The van der Waals surface area contributed by atoms with Crippen LogP contribution in [0, 0.1) is 0 Å². The van der Waals surface area contributed by atoms with Crippen LogP contribution >= 0.6 is 0 Å². The molecular weight excluding hydrogens is 228 g/mol. The fraction of sp³-hybridized carbons (Fsp3) is 0.929. The number of nitrogens with zero attached hydrogens (tertiary/aromatic N) is 1. The molecule has 4 nitrogen and oxygen atoms in total. The zero-order chi connectivity index (χ0) is 13.4. The van der Waals surface area contributed by atoms with Gasteiger partial charge in [-0.3, -0.25) is 4.79 Å². The standard InChI is InChI=1S/C14H28N2O2/c1-4-10-15-13(14(17)18-3)11-16(2)12-8-6-5-7-9-12/h12-13,15H,4-11H2,1-3H3. The average Bonchev–Trinajstić information content (AvgIpc) is 2.43. The fourth-order valence-electron chi connectivity index (χ4n) is 2.64. The smallest absolute Gasteiger partial charge is 0.324 e. The van der Waals surface area contributed by atoms with E-state index in [0.717, 1.165) is 19.5 Å². The van der Waals surface area contributed by atoms with Gasteiger partial charge in [0.05, 0.1) is 7.11 Å². The highest BCUT2D eigenvalue weighted by atomic mass is 16.5. The Kier molecular flexibility index (Phi) is 7.28. The Hall–Kier alpha value is -0.610. The van der Waals surface area contributed by atoms with Gasteiger partial charge in [-0.15, -0.1) is 0 Å². The number of methoxy groups -OCH3 is 1. The minimum atomic E-state index is -0.193. The second kappa shape index (κ2) is 8.48. The van der Waals surface area contributed by atoms with Crippen molar-refractivity contribution in [1.82, 2.24) is 10.2 Å². The van der Waals surface area contributed by atoms with Gasteiger partial charge in [0.2, 0.25) is 0 Å². The van der Waals surface area contributed by atoms with Crippen molar-refractivity contribution in [2.24, 2.45) is 0 Å². The third-order valence-electron chi connectivity index (χ3n) is 3.80. The summed E-state index contributed by atoms with van der Waals surface area (Å²) in [5.74, 6) is -0.147. The van der Waals surface area contributed by atoms with Crippen molar-refractivity contribution in [2.45, 2.75) is 57.5 Å². The summed E-state index contributed by atoms with van der Waals surface area (Å²) in [7, 11) is 3.59. The Morgan fingerprint density at radius 1 is 1.39 bits per heavy atom. The van der Waals surface area contributed by atoms with Gasteiger partial charge in [0.25, 0.3) is 0 Å². The molecule has 0 aliphatic heterocycles. The van der Waals surface area contributed by atoms with Crippen LogP contribution in [0.5, 0.6) is 0 Å². The SMILES string of the molecule is CCCNC(CN(C)C1CCCCC1)C(=O)OC. The van der Waals surface area contributed by atoms with Crippen molar-refractivity contribution in [2.75, 3.05) is 27.2 Å². The number of likely N-dealkylation sites (N-methyl/N-ethyl adjacent to an activating group) is 1. The first-order valence-electron chi connectivity index (χ1n) is 7.20. The molecule has 1 rings (SSSR count). The molecule has 0 aromatic heterocycles. The van der Waals surface area contributed by atoms with E-state index in [2.05, 4.69) is 24.2 Å². The van der Waals surface area contributed by atoms with Crippen LogP contribution < -0.4 is 5.32 Å². The van der Waals surface area contributed by atoms with Gasteiger partial charge in [-0.2, -0.15) is 0 Å². The lowest BCUT2D eigenvalue weighted by molar-refractivity contribution is -0.143. The molecule has 0 bridgehead atoms. The molecule has 4 heteroatoms. The van der Waals surface area contributed by atoms with Crippen LogP contribution in [0.3, 0.4) is 0 Å². The van der Waals surface area contributed by atoms with Gasteiger partial charge in [-0.25, -0.2) is 0 Å². The highest BCUT2D eigenvalue weighted by molar-refractivity contribution is 5.75. The van der Waals surface area contributed by atoms with Crippen molar-refractivity contribution in [3.8, 4) is 0 Å². The molecule has 18 heavy (non-hydrogen) atoms. The largest absolute Gasteiger partial charge is 0.468 e. The van der Waals surface area contributed by atoms with Crippen LogP contribution in [0.1, 0.15) is 45.4 Å². The lowest BCUT2D eigenvalue weighted by atomic mass is 9.94. The molecule has 1 saturated carbocycles. The number of carbonyl (C=O) groups excluding carboxylic acids is 1. The van der Waals surface area contributed by atoms with Crippen molar-refractivity contribution in [3.05, 3.63) is 0 Å². The van der Waals surface area contributed by atoms with Crippen LogP contribution in [0.15, 0.2) is 0 Å². The monoisotopic (exact) mass is 256 g/mol. The van der Waals surface area contributed by atoms with E-state index < -0.39 is 0 Å². The van der Waals surface area contributed by atoms with Gasteiger partial charge < -0.3 is 15.0 Å². The predicted octanol–water partition coefficient (Wildman–Crippen LogP) is 1.79. The Balaban J connectivity index is 2.44. The lowest BCUT2D eigenvalue weighted by Gasteiger charge is -2.33. The molecule has 0 radical (unpaired) electrons. The van der Waals surface area contributed by atoms with Crippen LogP contribution in [-0.4, -0.2) is 50.2 Å². The van der Waals surface area contributed by atoms with E-state index in [1.54, 1.807) is 0 Å². The molecule has 0 saturated heterocycles. The summed E-state index contributed by atoms with van der Waals surface area (Å²) in [6, 6.07) is 0.441. The number of carbonyl (C=O) groups is 1. The summed E-state index contributed by atoms with van der Waals surface area (Å²) in [6.07, 6.45) is 7.55. The molecule has 1 N–H and O–H groups in total. The normalized spacial score (nSPS) is 18.9. The minimum absolute atomic E-state index is 0.147. The summed E-state index contributed by atoms with van der Waals surface area (Å²) in [5.41, 5.74) is 0. The van der Waals surface area contributed by atoms with Crippen LogP contribution in [-0.2, 0) is 9.53 Å². The van der Waals surface area contributed by atoms with Gasteiger partial charge >= 0.3 is 5.97 Å². The first kappa shape index (κ1) is 15.4. The summed E-state index contributed by atoms with van der Waals surface area (Å²) in [6.45, 7) is 3.71. The molecule has 0 heterocycles. The number of rotatable bonds is 7. The molecule has 1 fully saturated rings. The first-order chi connectivity index (χ1) is 8.69. The maximum atomic E-state index is 11.7. The van der Waals surface area contributed by atoms with E-state index in [1.165, 1.54) is 39.2 Å². The third kappa shape index (κ3) is 4.94. The van der Waals surface area contributed by atoms with Crippen LogP contribution in [0.25, 0.3) is 0 Å². The van der Waals surface area contributed by atoms with E-state index in [9.17, 15) is 4.79 Å². The van der Waals surface area contributed by atoms with Crippen LogP contribution in [0.4, 0.5) is 0 Å². The zero-order valence-electron chi connectivity index (χ0n) is 12.1. The fourth-order valence-corrected chi connectivity index (χ4v) is 2.64. The van der Waals surface area contributed by atoms with E-state index >= 15 is 0 Å². The van der Waals surface area contributed by atoms with Crippen molar-refractivity contribution in [3.63, 3.8) is 0 Å². The van der Waals surface area contributed by atoms with Gasteiger partial charge in [-0.1, -0.05) is 26.2 Å². The Bertz CT molecular complexity index is 240. The highest BCUT2D eigenvalue weighted by Crippen LogP contribution is 2.21. The van der Waals surface area contributed by atoms with Gasteiger partial charge in [0, 0.05) is 12.6 Å². The maximum absolute atomic E-state index is 11.7. The second-order valence-corrected chi connectivity index (χ2v) is 5.26. The Labute approximate surface area is 111 Å². The minimum Gasteiger partial charge on any atom is -0.468 e. The third-order valence-corrected chi connectivity index (χ3v) is 3.80. The Morgan fingerprint density at radius 2 is 2.06 bits per heavy atom. The van der Waals surface area contributed by atoms with Gasteiger partial charge in [0.15, 0.2) is 0 Å². The molecule has 1 unspecified atom stereocenters. The summed E-state index contributed by atoms with van der Waals surface area (Å²) in [5, 5.41) is 3.27. The molecule has 0 aromatic carbocycles.